The van der Waals surface area contributed by atoms with Crippen molar-refractivity contribution in [1.82, 2.24) is 0 Å². The van der Waals surface area contributed by atoms with E-state index >= 15 is 0 Å². The van der Waals surface area contributed by atoms with Gasteiger partial charge in [0, 0.05) is 6.54 Å². The first-order valence-corrected chi connectivity index (χ1v) is 5.97. The molecule has 0 fully saturated rings. The van der Waals surface area contributed by atoms with Crippen LogP contribution in [-0.4, -0.2) is 31.5 Å². The smallest absolute Gasteiger partial charge is 0.119 e. The van der Waals surface area contributed by atoms with Gasteiger partial charge in [0.25, 0.3) is 0 Å². The van der Waals surface area contributed by atoms with Crippen molar-refractivity contribution >= 4 is 0 Å². The summed E-state index contributed by atoms with van der Waals surface area (Å²) in [5.74, 6) is 0.855. The van der Waals surface area contributed by atoms with Crippen molar-refractivity contribution in [2.75, 3.05) is 26.4 Å². The molecule has 1 rings (SSSR count). The van der Waals surface area contributed by atoms with Crippen LogP contribution in [0.15, 0.2) is 24.3 Å². The molecule has 0 spiro atoms. The highest BCUT2D eigenvalue weighted by atomic mass is 16.5. The molecule has 0 aromatic heterocycles. The normalized spacial score (nSPS) is 12.4. The lowest BCUT2D eigenvalue weighted by molar-refractivity contribution is 0.0328. The standard InChI is InChI=1S/C13H21NO3/c1-2-8-16-12-5-3-11(4-6-12)13(10-14)17-9-7-15/h3-6,13,15H,2,7-10,14H2,1H3. The highest BCUT2D eigenvalue weighted by Crippen LogP contribution is 2.20. The van der Waals surface area contributed by atoms with E-state index in [0.29, 0.717) is 13.2 Å². The zero-order chi connectivity index (χ0) is 12.5. The largest absolute Gasteiger partial charge is 0.494 e. The van der Waals surface area contributed by atoms with Crippen LogP contribution in [0, 0.1) is 0 Å². The zero-order valence-electron chi connectivity index (χ0n) is 10.3. The summed E-state index contributed by atoms with van der Waals surface area (Å²) in [5, 5.41) is 8.71. The van der Waals surface area contributed by atoms with Crippen LogP contribution in [-0.2, 0) is 4.74 Å². The fourth-order valence-electron chi connectivity index (χ4n) is 1.49. The Morgan fingerprint density at radius 2 is 1.94 bits per heavy atom. The predicted molar refractivity (Wildman–Crippen MR) is 67.1 cm³/mol. The quantitative estimate of drug-likeness (QED) is 0.721. The molecule has 1 aromatic carbocycles. The SMILES string of the molecule is CCCOc1ccc(C(CN)OCCO)cc1. The first-order valence-electron chi connectivity index (χ1n) is 5.97. The van der Waals surface area contributed by atoms with E-state index < -0.39 is 0 Å². The zero-order valence-corrected chi connectivity index (χ0v) is 10.3. The number of benzene rings is 1. The van der Waals surface area contributed by atoms with Gasteiger partial charge in [-0.05, 0) is 24.1 Å². The average Bonchev–Trinajstić information content (AvgIpc) is 2.38. The Bertz CT molecular complexity index is 300. The summed E-state index contributed by atoms with van der Waals surface area (Å²) >= 11 is 0. The third kappa shape index (κ3) is 4.73. The summed E-state index contributed by atoms with van der Waals surface area (Å²) in [6, 6.07) is 7.71. The number of rotatable bonds is 8. The summed E-state index contributed by atoms with van der Waals surface area (Å²) < 4.78 is 10.9. The van der Waals surface area contributed by atoms with Crippen LogP contribution >= 0.6 is 0 Å². The topological polar surface area (TPSA) is 64.7 Å². The van der Waals surface area contributed by atoms with Gasteiger partial charge in [0.15, 0.2) is 0 Å². The molecule has 4 nitrogen and oxygen atoms in total. The molecule has 0 heterocycles. The number of aliphatic hydroxyl groups is 1. The lowest BCUT2D eigenvalue weighted by Crippen LogP contribution is -2.17. The minimum Gasteiger partial charge on any atom is -0.494 e. The fourth-order valence-corrected chi connectivity index (χ4v) is 1.49. The van der Waals surface area contributed by atoms with Gasteiger partial charge in [-0.15, -0.1) is 0 Å². The molecular weight excluding hydrogens is 218 g/mol. The Morgan fingerprint density at radius 3 is 2.47 bits per heavy atom. The van der Waals surface area contributed by atoms with Gasteiger partial charge >= 0.3 is 0 Å². The summed E-state index contributed by atoms with van der Waals surface area (Å²) in [6.45, 7) is 3.50. The number of hydrogen-bond donors (Lipinski definition) is 2. The number of aliphatic hydroxyl groups excluding tert-OH is 1. The molecule has 0 radical (unpaired) electrons. The Kier molecular flexibility index (Phi) is 6.62. The second kappa shape index (κ2) is 8.06. The van der Waals surface area contributed by atoms with E-state index in [-0.39, 0.29) is 12.7 Å². The Morgan fingerprint density at radius 1 is 1.24 bits per heavy atom. The van der Waals surface area contributed by atoms with Gasteiger partial charge in [-0.2, -0.15) is 0 Å². The van der Waals surface area contributed by atoms with Crippen LogP contribution in [0.2, 0.25) is 0 Å². The van der Waals surface area contributed by atoms with Crippen LogP contribution < -0.4 is 10.5 Å². The molecule has 0 amide bonds. The van der Waals surface area contributed by atoms with Crippen molar-refractivity contribution in [3.8, 4) is 5.75 Å². The highest BCUT2D eigenvalue weighted by molar-refractivity contribution is 5.28. The van der Waals surface area contributed by atoms with E-state index in [2.05, 4.69) is 6.92 Å². The van der Waals surface area contributed by atoms with E-state index in [0.717, 1.165) is 24.3 Å². The molecule has 17 heavy (non-hydrogen) atoms. The Hall–Kier alpha value is -1.10. The van der Waals surface area contributed by atoms with E-state index in [1.54, 1.807) is 0 Å². The van der Waals surface area contributed by atoms with Gasteiger partial charge in [-0.1, -0.05) is 19.1 Å². The Labute approximate surface area is 102 Å². The van der Waals surface area contributed by atoms with Crippen LogP contribution in [0.5, 0.6) is 5.75 Å². The molecule has 96 valence electrons. The fraction of sp³-hybridized carbons (Fsp3) is 0.538. The molecule has 0 saturated heterocycles. The molecule has 0 aliphatic carbocycles. The van der Waals surface area contributed by atoms with Gasteiger partial charge in [0.05, 0.1) is 25.9 Å². The van der Waals surface area contributed by atoms with E-state index in [1.807, 2.05) is 24.3 Å². The maximum atomic E-state index is 8.71. The molecule has 0 bridgehead atoms. The average molecular weight is 239 g/mol. The van der Waals surface area contributed by atoms with Crippen LogP contribution in [0.1, 0.15) is 25.0 Å². The van der Waals surface area contributed by atoms with Gasteiger partial charge in [-0.3, -0.25) is 0 Å². The molecule has 0 aliphatic rings. The maximum absolute atomic E-state index is 8.71. The van der Waals surface area contributed by atoms with Crippen molar-refractivity contribution in [1.29, 1.82) is 0 Å². The van der Waals surface area contributed by atoms with E-state index in [9.17, 15) is 0 Å². The molecule has 1 aromatic rings. The van der Waals surface area contributed by atoms with Crippen molar-refractivity contribution in [3.63, 3.8) is 0 Å². The molecular formula is C13H21NO3. The lowest BCUT2D eigenvalue weighted by atomic mass is 10.1. The molecule has 1 atom stereocenters. The second-order valence-electron chi connectivity index (χ2n) is 3.74. The summed E-state index contributed by atoms with van der Waals surface area (Å²) in [5.41, 5.74) is 6.63. The molecule has 4 heteroatoms. The van der Waals surface area contributed by atoms with Gasteiger partial charge < -0.3 is 20.3 Å². The van der Waals surface area contributed by atoms with E-state index in [4.69, 9.17) is 20.3 Å². The third-order valence-corrected chi connectivity index (χ3v) is 2.35. The number of nitrogens with two attached hydrogens (primary N) is 1. The summed E-state index contributed by atoms with van der Waals surface area (Å²) in [6.07, 6.45) is 0.828. The number of hydrogen-bond acceptors (Lipinski definition) is 4. The van der Waals surface area contributed by atoms with Crippen molar-refractivity contribution in [2.45, 2.75) is 19.4 Å². The van der Waals surface area contributed by atoms with Crippen molar-refractivity contribution < 1.29 is 14.6 Å². The minimum absolute atomic E-state index is 0.00813. The van der Waals surface area contributed by atoms with Crippen LogP contribution in [0.3, 0.4) is 0 Å². The minimum atomic E-state index is -0.164. The molecule has 3 N–H and O–H groups in total. The second-order valence-corrected chi connectivity index (χ2v) is 3.74. The van der Waals surface area contributed by atoms with E-state index in [1.165, 1.54) is 0 Å². The summed E-state index contributed by atoms with van der Waals surface area (Å²) in [7, 11) is 0. The lowest BCUT2D eigenvalue weighted by Gasteiger charge is -2.16. The highest BCUT2D eigenvalue weighted by Gasteiger charge is 2.09. The summed E-state index contributed by atoms with van der Waals surface area (Å²) in [4.78, 5) is 0. The predicted octanol–water partition coefficient (Wildman–Crippen LogP) is 1.48. The maximum Gasteiger partial charge on any atom is 0.119 e. The van der Waals surface area contributed by atoms with Crippen molar-refractivity contribution in [3.05, 3.63) is 29.8 Å². The van der Waals surface area contributed by atoms with Gasteiger partial charge in [0.1, 0.15) is 5.75 Å². The van der Waals surface area contributed by atoms with Crippen molar-refractivity contribution in [2.24, 2.45) is 5.73 Å². The Balaban J connectivity index is 2.57. The monoisotopic (exact) mass is 239 g/mol. The van der Waals surface area contributed by atoms with Gasteiger partial charge in [-0.25, -0.2) is 0 Å². The van der Waals surface area contributed by atoms with Crippen LogP contribution in [0.25, 0.3) is 0 Å². The van der Waals surface area contributed by atoms with Crippen LogP contribution in [0.4, 0.5) is 0 Å². The molecule has 0 aliphatic heterocycles. The number of ether oxygens (including phenoxy) is 2. The molecule has 1 unspecified atom stereocenters. The first-order chi connectivity index (χ1) is 8.31. The first kappa shape index (κ1) is 14.0. The third-order valence-electron chi connectivity index (χ3n) is 2.35. The van der Waals surface area contributed by atoms with Gasteiger partial charge in [0.2, 0.25) is 0 Å². The molecule has 0 saturated carbocycles.